The van der Waals surface area contributed by atoms with Gasteiger partial charge in [-0.05, 0) is 30.2 Å². The number of carbonyl (C=O) groups excluding carboxylic acids is 4. The molecule has 0 aliphatic rings. The number of unbranched alkanes of at least 4 members (excludes halogenated alkanes) is 7. The number of benzene rings is 1. The lowest BCUT2D eigenvalue weighted by molar-refractivity contribution is -0.150. The van der Waals surface area contributed by atoms with Crippen LogP contribution in [0.4, 0.5) is 0 Å². The number of hydrogen-bond acceptors (Lipinski definition) is 6. The van der Waals surface area contributed by atoms with E-state index < -0.39 is 18.1 Å². The maximum Gasteiger partial charge on any atom is 0.329 e. The van der Waals surface area contributed by atoms with E-state index in [4.69, 9.17) is 21.9 Å². The van der Waals surface area contributed by atoms with Gasteiger partial charge in [0.2, 0.25) is 17.7 Å². The Morgan fingerprint density at radius 2 is 1.18 bits per heavy atom. The van der Waals surface area contributed by atoms with Gasteiger partial charge in [-0.3, -0.25) is 14.4 Å². The van der Waals surface area contributed by atoms with Crippen LogP contribution in [-0.2, 0) is 30.5 Å². The lowest BCUT2D eigenvalue weighted by Crippen LogP contribution is -2.52. The molecule has 9 heteroatoms. The molecule has 0 aromatic heterocycles. The molecule has 0 saturated carbocycles. The van der Waals surface area contributed by atoms with Gasteiger partial charge in [0, 0.05) is 12.8 Å². The third-order valence-corrected chi connectivity index (χ3v) is 6.06. The van der Waals surface area contributed by atoms with Crippen molar-refractivity contribution >= 4 is 23.7 Å². The van der Waals surface area contributed by atoms with Crippen molar-refractivity contribution in [3.8, 4) is 0 Å². The average molecular weight is 535 g/mol. The summed E-state index contributed by atoms with van der Waals surface area (Å²) in [5.41, 5.74) is 16.8. The summed E-state index contributed by atoms with van der Waals surface area (Å²) < 4.78 is 5.30. The second-order valence-corrected chi connectivity index (χ2v) is 10.4. The standard InChI is InChI=1S/C17H26N2O3.C12H24N2O2/c1-11(2)14(18)16(20)19-15(12(3)4)17(21)22-10-13-8-6-5-7-9-13;13-11(15)9-7-5-3-1-2-4-6-8-10-12(14)16/h5-9,11-12,14-15H,10,18H2,1-4H3,(H,19,20);1-10H2,(H2,13,15)(H2,14,16)/t14-,15-;/m0./s1. The van der Waals surface area contributed by atoms with Crippen LogP contribution in [0.3, 0.4) is 0 Å². The molecule has 0 bridgehead atoms. The SMILES string of the molecule is CC(C)[C@H](N)C(=O)N[C@H](C(=O)OCc1ccccc1)C(C)C.NC(=O)CCCCCCCCCCC(N)=O. The summed E-state index contributed by atoms with van der Waals surface area (Å²) >= 11 is 0. The van der Waals surface area contributed by atoms with Crippen molar-refractivity contribution in [2.24, 2.45) is 29.0 Å². The zero-order chi connectivity index (χ0) is 28.9. The van der Waals surface area contributed by atoms with E-state index in [1.807, 2.05) is 58.0 Å². The van der Waals surface area contributed by atoms with Gasteiger partial charge in [-0.15, -0.1) is 0 Å². The average Bonchev–Trinajstić information content (AvgIpc) is 2.86. The predicted molar refractivity (Wildman–Crippen MR) is 150 cm³/mol. The van der Waals surface area contributed by atoms with Crippen molar-refractivity contribution in [2.45, 2.75) is 111 Å². The van der Waals surface area contributed by atoms with Crippen LogP contribution in [0.25, 0.3) is 0 Å². The minimum Gasteiger partial charge on any atom is -0.459 e. The number of hydrogen-bond donors (Lipinski definition) is 4. The van der Waals surface area contributed by atoms with Crippen LogP contribution in [0.15, 0.2) is 30.3 Å². The van der Waals surface area contributed by atoms with E-state index >= 15 is 0 Å². The molecule has 0 heterocycles. The van der Waals surface area contributed by atoms with Crippen LogP contribution < -0.4 is 22.5 Å². The number of rotatable bonds is 18. The van der Waals surface area contributed by atoms with Crippen LogP contribution in [-0.4, -0.2) is 35.8 Å². The fraction of sp³-hybridized carbons (Fsp3) is 0.655. The van der Waals surface area contributed by atoms with Gasteiger partial charge < -0.3 is 27.3 Å². The molecule has 0 aliphatic heterocycles. The highest BCUT2D eigenvalue weighted by molar-refractivity contribution is 5.87. The highest BCUT2D eigenvalue weighted by Gasteiger charge is 2.28. The maximum absolute atomic E-state index is 12.2. The van der Waals surface area contributed by atoms with Crippen molar-refractivity contribution in [3.63, 3.8) is 0 Å². The molecular formula is C29H50N4O5. The highest BCUT2D eigenvalue weighted by Crippen LogP contribution is 2.11. The first-order valence-corrected chi connectivity index (χ1v) is 13.8. The Hall–Kier alpha value is -2.94. The Morgan fingerprint density at radius 3 is 1.58 bits per heavy atom. The van der Waals surface area contributed by atoms with E-state index in [1.165, 1.54) is 25.7 Å². The fourth-order valence-corrected chi connectivity index (χ4v) is 3.53. The van der Waals surface area contributed by atoms with Crippen LogP contribution in [0.2, 0.25) is 0 Å². The lowest BCUT2D eigenvalue weighted by Gasteiger charge is -2.24. The van der Waals surface area contributed by atoms with Gasteiger partial charge in [-0.2, -0.15) is 0 Å². The molecule has 0 radical (unpaired) electrons. The van der Waals surface area contributed by atoms with E-state index in [0.29, 0.717) is 12.8 Å². The summed E-state index contributed by atoms with van der Waals surface area (Å²) in [6.45, 7) is 7.63. The quantitative estimate of drug-likeness (QED) is 0.165. The van der Waals surface area contributed by atoms with Gasteiger partial charge in [-0.25, -0.2) is 4.79 Å². The number of esters is 1. The van der Waals surface area contributed by atoms with E-state index in [-0.39, 0.29) is 36.2 Å². The van der Waals surface area contributed by atoms with E-state index in [1.54, 1.807) is 0 Å². The second-order valence-electron chi connectivity index (χ2n) is 10.4. The number of nitrogens with two attached hydrogens (primary N) is 3. The van der Waals surface area contributed by atoms with E-state index in [2.05, 4.69) is 5.32 Å². The first-order chi connectivity index (χ1) is 18.0. The monoisotopic (exact) mass is 534 g/mol. The molecule has 0 aliphatic carbocycles. The molecule has 38 heavy (non-hydrogen) atoms. The Morgan fingerprint density at radius 1 is 0.737 bits per heavy atom. The highest BCUT2D eigenvalue weighted by atomic mass is 16.5. The van der Waals surface area contributed by atoms with Crippen molar-refractivity contribution in [3.05, 3.63) is 35.9 Å². The topological polar surface area (TPSA) is 168 Å². The molecule has 7 N–H and O–H groups in total. The molecule has 3 amide bonds. The molecule has 2 atom stereocenters. The predicted octanol–water partition coefficient (Wildman–Crippen LogP) is 3.71. The summed E-state index contributed by atoms with van der Waals surface area (Å²) in [7, 11) is 0. The van der Waals surface area contributed by atoms with Gasteiger partial charge in [0.15, 0.2) is 0 Å². The third kappa shape index (κ3) is 18.3. The summed E-state index contributed by atoms with van der Waals surface area (Å²) in [5, 5.41) is 2.70. The smallest absolute Gasteiger partial charge is 0.329 e. The molecule has 1 aromatic carbocycles. The van der Waals surface area contributed by atoms with Crippen molar-refractivity contribution < 1.29 is 23.9 Å². The number of carbonyl (C=O) groups is 4. The van der Waals surface area contributed by atoms with Crippen LogP contribution in [0.1, 0.15) is 97.5 Å². The van der Waals surface area contributed by atoms with Gasteiger partial charge in [0.25, 0.3) is 0 Å². The number of ether oxygens (including phenoxy) is 1. The second kappa shape index (κ2) is 21.0. The molecule has 0 fully saturated rings. The number of amides is 3. The summed E-state index contributed by atoms with van der Waals surface area (Å²) in [6.07, 6.45) is 9.77. The normalized spacial score (nSPS) is 12.3. The lowest BCUT2D eigenvalue weighted by atomic mass is 10.0. The molecule has 1 rings (SSSR count). The minimum absolute atomic E-state index is 0.00755. The number of primary amides is 2. The van der Waals surface area contributed by atoms with E-state index in [0.717, 1.165) is 31.2 Å². The Labute approximate surface area is 228 Å². The summed E-state index contributed by atoms with van der Waals surface area (Å²) in [4.78, 5) is 45.1. The molecule has 216 valence electrons. The third-order valence-electron chi connectivity index (χ3n) is 6.06. The Balaban J connectivity index is 0.000000761. The molecule has 0 unspecified atom stereocenters. The van der Waals surface area contributed by atoms with Gasteiger partial charge >= 0.3 is 5.97 Å². The molecule has 0 saturated heterocycles. The van der Waals surface area contributed by atoms with Crippen LogP contribution in [0, 0.1) is 11.8 Å². The number of nitrogens with one attached hydrogen (secondary N) is 1. The van der Waals surface area contributed by atoms with Crippen molar-refractivity contribution in [1.29, 1.82) is 0 Å². The van der Waals surface area contributed by atoms with Gasteiger partial charge in [0.05, 0.1) is 6.04 Å². The van der Waals surface area contributed by atoms with Gasteiger partial charge in [-0.1, -0.05) is 96.6 Å². The van der Waals surface area contributed by atoms with Crippen LogP contribution >= 0.6 is 0 Å². The zero-order valence-corrected chi connectivity index (χ0v) is 23.7. The summed E-state index contributed by atoms with van der Waals surface area (Å²) in [6, 6.07) is 8.09. The molecule has 9 nitrogen and oxygen atoms in total. The first kappa shape index (κ1) is 35.1. The van der Waals surface area contributed by atoms with Crippen molar-refractivity contribution in [2.75, 3.05) is 0 Å². The molecule has 1 aromatic rings. The fourth-order valence-electron chi connectivity index (χ4n) is 3.53. The largest absolute Gasteiger partial charge is 0.459 e. The molecule has 0 spiro atoms. The van der Waals surface area contributed by atoms with Crippen molar-refractivity contribution in [1.82, 2.24) is 5.32 Å². The minimum atomic E-state index is -0.694. The van der Waals surface area contributed by atoms with Crippen LogP contribution in [0.5, 0.6) is 0 Å². The Kier molecular flexibility index (Phi) is 19.4. The van der Waals surface area contributed by atoms with Gasteiger partial charge in [0.1, 0.15) is 12.6 Å². The summed E-state index contributed by atoms with van der Waals surface area (Å²) in [5.74, 6) is -1.24. The first-order valence-electron chi connectivity index (χ1n) is 13.8. The molecular weight excluding hydrogens is 484 g/mol. The van der Waals surface area contributed by atoms with E-state index in [9.17, 15) is 19.2 Å². The Bertz CT molecular complexity index is 792. The maximum atomic E-state index is 12.2. The zero-order valence-electron chi connectivity index (χ0n) is 23.7.